The lowest BCUT2D eigenvalue weighted by atomic mass is 10.2. The molecule has 0 amide bonds. The van der Waals surface area contributed by atoms with Crippen LogP contribution in [-0.4, -0.2) is 75.4 Å². The summed E-state index contributed by atoms with van der Waals surface area (Å²) in [4.78, 5) is 30.8. The first kappa shape index (κ1) is 22.2. The number of ether oxygens (including phenoxy) is 1. The summed E-state index contributed by atoms with van der Waals surface area (Å²) in [6.45, 7) is 2.01. The van der Waals surface area contributed by atoms with Gasteiger partial charge in [0.2, 0.25) is 0 Å². The molecular formula is C21H28N8O2. The van der Waals surface area contributed by atoms with E-state index in [0.29, 0.717) is 29.2 Å². The monoisotopic (exact) mass is 424 g/mol. The van der Waals surface area contributed by atoms with E-state index in [4.69, 9.17) is 9.72 Å². The lowest BCUT2D eigenvalue weighted by Crippen LogP contribution is -2.31. The van der Waals surface area contributed by atoms with E-state index in [2.05, 4.69) is 20.0 Å². The third-order valence-electron chi connectivity index (χ3n) is 4.94. The van der Waals surface area contributed by atoms with Crippen molar-refractivity contribution in [1.82, 2.24) is 34.0 Å². The fourth-order valence-electron chi connectivity index (χ4n) is 3.17. The van der Waals surface area contributed by atoms with Crippen molar-refractivity contribution in [1.29, 1.82) is 0 Å². The fraction of sp³-hybridized carbons (Fsp3) is 0.381. The summed E-state index contributed by atoms with van der Waals surface area (Å²) in [5, 5.41) is 4.10. The minimum Gasteiger partial charge on any atom is -0.497 e. The second-order valence-electron chi connectivity index (χ2n) is 7.34. The number of fused-ring (bicyclic) bond motifs is 3. The first-order valence-corrected chi connectivity index (χ1v) is 9.56. The third kappa shape index (κ3) is 4.33. The lowest BCUT2D eigenvalue weighted by molar-refractivity contribution is 0.414. The van der Waals surface area contributed by atoms with Crippen molar-refractivity contribution >= 4 is 22.6 Å². The third-order valence-corrected chi connectivity index (χ3v) is 4.94. The summed E-state index contributed by atoms with van der Waals surface area (Å²) in [5.74, 6) is 1.47. The Balaban J connectivity index is 0.00000272. The van der Waals surface area contributed by atoms with Crippen LogP contribution >= 0.6 is 0 Å². The number of nitrogens with zero attached hydrogens (tertiary/aromatic N) is 8. The van der Waals surface area contributed by atoms with Crippen LogP contribution in [0.5, 0.6) is 5.75 Å². The lowest BCUT2D eigenvalue weighted by Gasteiger charge is -2.20. The van der Waals surface area contributed by atoms with Crippen LogP contribution in [0, 0.1) is 0 Å². The second-order valence-corrected chi connectivity index (χ2v) is 7.34. The van der Waals surface area contributed by atoms with Crippen LogP contribution in [0.2, 0.25) is 0 Å². The van der Waals surface area contributed by atoms with E-state index in [0.717, 1.165) is 24.4 Å². The van der Waals surface area contributed by atoms with Gasteiger partial charge in [0, 0.05) is 20.1 Å². The van der Waals surface area contributed by atoms with E-state index in [1.54, 1.807) is 17.9 Å². The second kappa shape index (κ2) is 9.09. The molecule has 3 aromatic heterocycles. The van der Waals surface area contributed by atoms with Crippen LogP contribution < -0.4 is 15.3 Å². The fourth-order valence-corrected chi connectivity index (χ4v) is 3.17. The molecule has 0 saturated carbocycles. The molecular weight excluding hydrogens is 396 g/mol. The zero-order valence-electron chi connectivity index (χ0n) is 17.5. The van der Waals surface area contributed by atoms with Gasteiger partial charge in [-0.15, -0.1) is 0 Å². The number of aromatic nitrogens is 6. The van der Waals surface area contributed by atoms with E-state index < -0.39 is 0 Å². The van der Waals surface area contributed by atoms with Gasteiger partial charge in [0.1, 0.15) is 17.9 Å². The number of benzene rings is 1. The molecule has 0 aliphatic rings. The first-order chi connectivity index (χ1) is 14.5. The predicted octanol–water partition coefficient (Wildman–Crippen LogP) is 1.53. The van der Waals surface area contributed by atoms with Crippen molar-refractivity contribution < 1.29 is 4.74 Å². The zero-order chi connectivity index (χ0) is 21.3. The van der Waals surface area contributed by atoms with E-state index in [9.17, 15) is 4.79 Å². The first-order valence-electron chi connectivity index (χ1n) is 9.56. The van der Waals surface area contributed by atoms with E-state index in [1.807, 2.05) is 50.3 Å². The Morgan fingerprint density at radius 3 is 2.45 bits per heavy atom. The highest BCUT2D eigenvalue weighted by Gasteiger charge is 2.17. The van der Waals surface area contributed by atoms with Gasteiger partial charge < -0.3 is 14.5 Å². The molecule has 31 heavy (non-hydrogen) atoms. The van der Waals surface area contributed by atoms with Crippen molar-refractivity contribution in [2.45, 2.75) is 14.0 Å². The van der Waals surface area contributed by atoms with E-state index >= 15 is 0 Å². The van der Waals surface area contributed by atoms with Crippen molar-refractivity contribution in [3.8, 4) is 5.75 Å². The molecule has 164 valence electrons. The summed E-state index contributed by atoms with van der Waals surface area (Å²) in [5.41, 5.74) is 2.04. The highest BCUT2D eigenvalue weighted by Crippen LogP contribution is 2.18. The average molecular weight is 425 g/mol. The molecule has 0 N–H and O–H groups in total. The van der Waals surface area contributed by atoms with Crippen molar-refractivity contribution in [2.24, 2.45) is 0 Å². The maximum atomic E-state index is 13.0. The minimum absolute atomic E-state index is 0. The van der Waals surface area contributed by atoms with Crippen LogP contribution in [0.3, 0.4) is 0 Å². The van der Waals surface area contributed by atoms with Crippen molar-refractivity contribution in [2.75, 3.05) is 46.2 Å². The molecule has 0 aliphatic heterocycles. The van der Waals surface area contributed by atoms with Crippen LogP contribution in [0.25, 0.3) is 16.8 Å². The number of methoxy groups -OCH3 is 1. The van der Waals surface area contributed by atoms with Crippen molar-refractivity contribution in [3.05, 3.63) is 52.8 Å². The molecule has 0 atom stereocenters. The Morgan fingerprint density at radius 2 is 1.77 bits per heavy atom. The Morgan fingerprint density at radius 1 is 1.03 bits per heavy atom. The maximum absolute atomic E-state index is 13.0. The number of likely N-dealkylation sites (N-methyl/N-ethyl adjacent to an activating group) is 2. The molecule has 0 saturated heterocycles. The Labute approximate surface area is 180 Å². The average Bonchev–Trinajstić information content (AvgIpc) is 3.25. The molecule has 3 heterocycles. The number of hydrogen-bond donors (Lipinski definition) is 0. The molecule has 1 aromatic carbocycles. The maximum Gasteiger partial charge on any atom is 0.352 e. The number of anilines is 1. The molecule has 4 aromatic rings. The summed E-state index contributed by atoms with van der Waals surface area (Å²) in [6, 6.07) is 7.55. The van der Waals surface area contributed by atoms with Gasteiger partial charge >= 0.3 is 5.69 Å². The van der Waals surface area contributed by atoms with Gasteiger partial charge in [-0.1, -0.05) is 19.6 Å². The van der Waals surface area contributed by atoms with Gasteiger partial charge in [0.05, 0.1) is 19.9 Å². The highest BCUT2D eigenvalue weighted by molar-refractivity contribution is 5.85. The van der Waals surface area contributed by atoms with Gasteiger partial charge in [-0.2, -0.15) is 9.61 Å². The van der Waals surface area contributed by atoms with Crippen LogP contribution in [-0.2, 0) is 6.54 Å². The van der Waals surface area contributed by atoms with Crippen LogP contribution in [0.15, 0.2) is 41.6 Å². The van der Waals surface area contributed by atoms with Gasteiger partial charge in [0.25, 0.3) is 0 Å². The van der Waals surface area contributed by atoms with Gasteiger partial charge in [0.15, 0.2) is 16.8 Å². The number of hydrogen-bond acceptors (Lipinski definition) is 8. The minimum atomic E-state index is -0.311. The molecule has 0 unspecified atom stereocenters. The molecule has 0 fully saturated rings. The van der Waals surface area contributed by atoms with Gasteiger partial charge in [-0.3, -0.25) is 4.57 Å². The molecule has 0 spiro atoms. The van der Waals surface area contributed by atoms with E-state index in [-0.39, 0.29) is 13.1 Å². The standard InChI is InChI=1S/C20H24N8O2.CH4/c1-25(2)9-10-26(3)16-11-21-18-17(24-16)19-22-13-23-28(19)20(29)27(18)12-14-5-7-15(30-4)8-6-14;/h5-8,11,13H,9-10,12H2,1-4H3;1H4. The van der Waals surface area contributed by atoms with Crippen LogP contribution in [0.4, 0.5) is 5.82 Å². The largest absolute Gasteiger partial charge is 0.497 e. The van der Waals surface area contributed by atoms with Gasteiger partial charge in [-0.05, 0) is 31.8 Å². The smallest absolute Gasteiger partial charge is 0.352 e. The van der Waals surface area contributed by atoms with Crippen molar-refractivity contribution in [3.63, 3.8) is 0 Å². The summed E-state index contributed by atoms with van der Waals surface area (Å²) in [6.07, 6.45) is 3.05. The normalized spacial score (nSPS) is 11.1. The molecule has 0 radical (unpaired) electrons. The predicted molar refractivity (Wildman–Crippen MR) is 121 cm³/mol. The summed E-state index contributed by atoms with van der Waals surface area (Å²) >= 11 is 0. The summed E-state index contributed by atoms with van der Waals surface area (Å²) < 4.78 is 8.04. The molecule has 0 bridgehead atoms. The molecule has 10 heteroatoms. The highest BCUT2D eigenvalue weighted by atomic mass is 16.5. The number of rotatable bonds is 7. The molecule has 0 aliphatic carbocycles. The van der Waals surface area contributed by atoms with E-state index in [1.165, 1.54) is 10.8 Å². The Kier molecular flexibility index (Phi) is 6.50. The zero-order valence-corrected chi connectivity index (χ0v) is 17.5. The summed E-state index contributed by atoms with van der Waals surface area (Å²) in [7, 11) is 7.64. The van der Waals surface area contributed by atoms with Gasteiger partial charge in [-0.25, -0.2) is 19.7 Å². The molecule has 4 rings (SSSR count). The van der Waals surface area contributed by atoms with Crippen LogP contribution in [0.1, 0.15) is 13.0 Å². The molecule has 10 nitrogen and oxygen atoms in total. The topological polar surface area (TPSA) is 93.7 Å². The Bertz CT molecular complexity index is 1230. The SMILES string of the molecule is C.COc1ccc(Cn2c(=O)n3ncnc3c3nc(N(C)CCN(C)C)cnc32)cc1. The quantitative estimate of drug-likeness (QED) is 0.441. The Hall–Kier alpha value is -3.53.